The van der Waals surface area contributed by atoms with Crippen LogP contribution in [0.3, 0.4) is 0 Å². The Hall–Kier alpha value is -2.01. The molecule has 5 nitrogen and oxygen atoms in total. The molecule has 0 saturated carbocycles. The van der Waals surface area contributed by atoms with Gasteiger partial charge >= 0.3 is 5.97 Å². The first-order valence-corrected chi connectivity index (χ1v) is 7.11. The molecule has 2 N–H and O–H groups in total. The fourth-order valence-corrected chi connectivity index (χ4v) is 2.27. The van der Waals surface area contributed by atoms with Crippen molar-refractivity contribution in [1.82, 2.24) is 4.98 Å². The van der Waals surface area contributed by atoms with Gasteiger partial charge in [0.15, 0.2) is 0 Å². The summed E-state index contributed by atoms with van der Waals surface area (Å²) in [5, 5.41) is 4.35. The van der Waals surface area contributed by atoms with Crippen molar-refractivity contribution in [3.8, 4) is 0 Å². The van der Waals surface area contributed by atoms with E-state index in [2.05, 4.69) is 10.3 Å². The van der Waals surface area contributed by atoms with E-state index in [4.69, 9.17) is 16.3 Å². The number of H-pyrrole nitrogens is 1. The summed E-state index contributed by atoms with van der Waals surface area (Å²) in [4.78, 5) is 27.0. The highest BCUT2D eigenvalue weighted by Crippen LogP contribution is 2.27. The van der Waals surface area contributed by atoms with Crippen LogP contribution in [0.4, 0.5) is 5.69 Å². The van der Waals surface area contributed by atoms with Crippen molar-refractivity contribution in [3.05, 3.63) is 39.1 Å². The number of rotatable bonds is 4. The van der Waals surface area contributed by atoms with Gasteiger partial charge in [0, 0.05) is 16.5 Å². The Labute approximate surface area is 127 Å². The zero-order valence-corrected chi connectivity index (χ0v) is 12.9. The van der Waals surface area contributed by atoms with Gasteiger partial charge in [0.2, 0.25) is 0 Å². The Kier molecular flexibility index (Phi) is 4.53. The predicted molar refractivity (Wildman–Crippen MR) is 84.3 cm³/mol. The number of halogens is 1. The number of pyridine rings is 1. The second kappa shape index (κ2) is 6.18. The van der Waals surface area contributed by atoms with Crippen molar-refractivity contribution in [2.75, 3.05) is 11.9 Å². The van der Waals surface area contributed by atoms with Crippen molar-refractivity contribution >= 4 is 34.2 Å². The van der Waals surface area contributed by atoms with E-state index in [-0.39, 0.29) is 18.2 Å². The molecule has 2 rings (SSSR count). The average molecular weight is 309 g/mol. The maximum Gasteiger partial charge on any atom is 0.345 e. The highest BCUT2D eigenvalue weighted by atomic mass is 35.5. The summed E-state index contributed by atoms with van der Waals surface area (Å²) in [7, 11) is 0. The van der Waals surface area contributed by atoms with E-state index in [1.807, 2.05) is 13.8 Å². The van der Waals surface area contributed by atoms with Crippen LogP contribution in [0, 0.1) is 0 Å². The van der Waals surface area contributed by atoms with E-state index in [1.165, 1.54) is 0 Å². The Morgan fingerprint density at radius 2 is 2.14 bits per heavy atom. The molecule has 21 heavy (non-hydrogen) atoms. The lowest BCUT2D eigenvalue weighted by Crippen LogP contribution is -2.24. The van der Waals surface area contributed by atoms with Gasteiger partial charge in [-0.2, -0.15) is 0 Å². The number of aromatic amines is 1. The van der Waals surface area contributed by atoms with Gasteiger partial charge in [-0.05, 0) is 39.0 Å². The van der Waals surface area contributed by atoms with Crippen LogP contribution in [0.1, 0.15) is 31.1 Å². The number of ether oxygens (including phenoxy) is 1. The molecule has 0 aliphatic heterocycles. The molecule has 2 aromatic rings. The van der Waals surface area contributed by atoms with Crippen LogP contribution in [0.15, 0.2) is 23.0 Å². The van der Waals surface area contributed by atoms with Gasteiger partial charge in [0.05, 0.1) is 17.8 Å². The molecule has 0 unspecified atom stereocenters. The van der Waals surface area contributed by atoms with Crippen LogP contribution < -0.4 is 10.9 Å². The molecule has 6 heteroatoms. The molecule has 0 bridgehead atoms. The van der Waals surface area contributed by atoms with E-state index >= 15 is 0 Å². The summed E-state index contributed by atoms with van der Waals surface area (Å²) in [6.45, 7) is 5.74. The number of anilines is 1. The Bertz CT molecular complexity index is 738. The molecule has 112 valence electrons. The molecule has 0 saturated heterocycles. The number of nitrogens with one attached hydrogen (secondary N) is 2. The molecule has 0 aliphatic rings. The van der Waals surface area contributed by atoms with Crippen molar-refractivity contribution in [2.45, 2.75) is 26.8 Å². The van der Waals surface area contributed by atoms with Gasteiger partial charge < -0.3 is 15.0 Å². The maximum atomic E-state index is 12.2. The lowest BCUT2D eigenvalue weighted by Gasteiger charge is -2.16. The number of esters is 1. The Balaban J connectivity index is 2.78. The van der Waals surface area contributed by atoms with E-state index in [9.17, 15) is 9.59 Å². The minimum atomic E-state index is -0.649. The number of carbonyl (C=O) groups excluding carboxylic acids is 1. The molecule has 1 heterocycles. The molecule has 0 radical (unpaired) electrons. The highest BCUT2D eigenvalue weighted by Gasteiger charge is 2.21. The zero-order chi connectivity index (χ0) is 15.6. The summed E-state index contributed by atoms with van der Waals surface area (Å²) in [6.07, 6.45) is 0. The molecule has 1 aromatic carbocycles. The summed E-state index contributed by atoms with van der Waals surface area (Å²) in [6, 6.07) is 5.14. The van der Waals surface area contributed by atoms with Crippen LogP contribution in [0.25, 0.3) is 10.9 Å². The smallest absolute Gasteiger partial charge is 0.345 e. The van der Waals surface area contributed by atoms with Gasteiger partial charge in [-0.15, -0.1) is 0 Å². The van der Waals surface area contributed by atoms with Crippen molar-refractivity contribution in [1.29, 1.82) is 0 Å². The summed E-state index contributed by atoms with van der Waals surface area (Å²) < 4.78 is 4.98. The van der Waals surface area contributed by atoms with Gasteiger partial charge in [-0.1, -0.05) is 11.6 Å². The molecule has 0 amide bonds. The zero-order valence-electron chi connectivity index (χ0n) is 12.1. The van der Waals surface area contributed by atoms with E-state index in [0.717, 1.165) is 0 Å². The fraction of sp³-hybridized carbons (Fsp3) is 0.333. The average Bonchev–Trinajstić information content (AvgIpc) is 2.39. The molecule has 0 spiro atoms. The molecule has 1 aromatic heterocycles. The fourth-order valence-electron chi connectivity index (χ4n) is 2.10. The summed E-state index contributed by atoms with van der Waals surface area (Å²) in [5.74, 6) is -0.649. The summed E-state index contributed by atoms with van der Waals surface area (Å²) in [5.41, 5.74) is 0.553. The van der Waals surface area contributed by atoms with Crippen LogP contribution in [0.5, 0.6) is 0 Å². The highest BCUT2D eigenvalue weighted by molar-refractivity contribution is 6.31. The Morgan fingerprint density at radius 1 is 1.43 bits per heavy atom. The van der Waals surface area contributed by atoms with Crippen LogP contribution >= 0.6 is 11.6 Å². The van der Waals surface area contributed by atoms with Crippen LogP contribution in [0.2, 0.25) is 5.02 Å². The number of carbonyl (C=O) groups is 1. The normalized spacial score (nSPS) is 10.9. The first-order chi connectivity index (χ1) is 9.93. The maximum absolute atomic E-state index is 12.2. The van der Waals surface area contributed by atoms with Crippen molar-refractivity contribution in [3.63, 3.8) is 0 Å². The number of benzene rings is 1. The number of hydrogen-bond acceptors (Lipinski definition) is 4. The van der Waals surface area contributed by atoms with Crippen molar-refractivity contribution < 1.29 is 9.53 Å². The van der Waals surface area contributed by atoms with Gasteiger partial charge in [-0.3, -0.25) is 4.79 Å². The van der Waals surface area contributed by atoms with E-state index in [0.29, 0.717) is 21.6 Å². The second-order valence-electron chi connectivity index (χ2n) is 4.91. The molecule has 0 fully saturated rings. The first kappa shape index (κ1) is 15.4. The van der Waals surface area contributed by atoms with E-state index < -0.39 is 11.5 Å². The SMILES string of the molecule is CCOC(=O)c1c(NC(C)C)c2cc(Cl)ccc2[nH]c1=O. The standard InChI is InChI=1S/C15H17ClN2O3/c1-4-21-15(20)12-13(17-8(2)3)10-7-9(16)5-6-11(10)18-14(12)19/h5-8H,4H2,1-3H3,(H2,17,18,19). The summed E-state index contributed by atoms with van der Waals surface area (Å²) >= 11 is 6.02. The molecule has 0 aliphatic carbocycles. The minimum absolute atomic E-state index is 0.0275. The lowest BCUT2D eigenvalue weighted by molar-refractivity contribution is 0.0525. The van der Waals surface area contributed by atoms with Crippen molar-refractivity contribution in [2.24, 2.45) is 0 Å². The van der Waals surface area contributed by atoms with Gasteiger partial charge in [0.1, 0.15) is 5.56 Å². The topological polar surface area (TPSA) is 71.2 Å². The third kappa shape index (κ3) is 3.19. The third-order valence-electron chi connectivity index (χ3n) is 2.89. The minimum Gasteiger partial charge on any atom is -0.462 e. The Morgan fingerprint density at radius 3 is 2.76 bits per heavy atom. The monoisotopic (exact) mass is 308 g/mol. The van der Waals surface area contributed by atoms with E-state index in [1.54, 1.807) is 25.1 Å². The molecular formula is C15H17ClN2O3. The largest absolute Gasteiger partial charge is 0.462 e. The first-order valence-electron chi connectivity index (χ1n) is 6.73. The third-order valence-corrected chi connectivity index (χ3v) is 3.12. The molecular weight excluding hydrogens is 292 g/mol. The van der Waals surface area contributed by atoms with Crippen LogP contribution in [-0.2, 0) is 4.74 Å². The quantitative estimate of drug-likeness (QED) is 0.851. The number of hydrogen-bond donors (Lipinski definition) is 2. The molecule has 0 atom stereocenters. The lowest BCUT2D eigenvalue weighted by atomic mass is 10.1. The number of aromatic nitrogens is 1. The van der Waals surface area contributed by atoms with Gasteiger partial charge in [-0.25, -0.2) is 4.79 Å². The number of fused-ring (bicyclic) bond motifs is 1. The second-order valence-corrected chi connectivity index (χ2v) is 5.35. The van der Waals surface area contributed by atoms with Gasteiger partial charge in [0.25, 0.3) is 5.56 Å². The van der Waals surface area contributed by atoms with Crippen LogP contribution in [-0.4, -0.2) is 23.6 Å². The predicted octanol–water partition coefficient (Wildman–Crippen LogP) is 3.18.